The van der Waals surface area contributed by atoms with Crippen LogP contribution in [-0.2, 0) is 6.42 Å². The molecule has 1 saturated carbocycles. The Kier molecular flexibility index (Phi) is 3.85. The molecule has 94 valence electrons. The van der Waals surface area contributed by atoms with E-state index in [1.165, 1.54) is 25.0 Å². The second kappa shape index (κ2) is 5.04. The maximum atomic E-state index is 12.9. The number of halogens is 2. The fourth-order valence-electron chi connectivity index (χ4n) is 1.79. The van der Waals surface area contributed by atoms with Gasteiger partial charge >= 0.3 is 0 Å². The van der Waals surface area contributed by atoms with Crippen LogP contribution >= 0.6 is 15.9 Å². The van der Waals surface area contributed by atoms with Crippen molar-refractivity contribution in [2.75, 3.05) is 6.54 Å². The Balaban J connectivity index is 1.97. The number of aliphatic hydroxyl groups is 1. The van der Waals surface area contributed by atoms with Crippen molar-refractivity contribution in [3.05, 3.63) is 34.1 Å². The largest absolute Gasteiger partial charge is 0.389 e. The van der Waals surface area contributed by atoms with E-state index in [4.69, 9.17) is 0 Å². The van der Waals surface area contributed by atoms with Gasteiger partial charge in [-0.25, -0.2) is 4.39 Å². The van der Waals surface area contributed by atoms with Gasteiger partial charge in [-0.2, -0.15) is 0 Å². The van der Waals surface area contributed by atoms with E-state index in [0.29, 0.717) is 23.5 Å². The number of benzene rings is 1. The third-order valence-corrected chi connectivity index (χ3v) is 3.67. The lowest BCUT2D eigenvalue weighted by Crippen LogP contribution is -2.40. The number of hydrogen-bond donors (Lipinski definition) is 2. The second-order valence-corrected chi connectivity index (χ2v) is 5.92. The molecule has 0 amide bonds. The molecular weight excluding hydrogens is 285 g/mol. The Bertz CT molecular complexity index is 404. The predicted molar refractivity (Wildman–Crippen MR) is 69.5 cm³/mol. The number of hydrogen-bond acceptors (Lipinski definition) is 2. The topological polar surface area (TPSA) is 32.3 Å². The zero-order valence-electron chi connectivity index (χ0n) is 9.84. The van der Waals surface area contributed by atoms with Crippen LogP contribution in [0.1, 0.15) is 25.3 Å². The normalized spacial score (nSPS) is 19.1. The first kappa shape index (κ1) is 13.0. The average Bonchev–Trinajstić information content (AvgIpc) is 3.03. The molecule has 1 aliphatic rings. The molecule has 1 aromatic rings. The van der Waals surface area contributed by atoms with Crippen molar-refractivity contribution in [1.82, 2.24) is 5.32 Å². The lowest BCUT2D eigenvalue weighted by Gasteiger charge is -2.24. The summed E-state index contributed by atoms with van der Waals surface area (Å²) in [6.45, 7) is 2.37. The van der Waals surface area contributed by atoms with E-state index < -0.39 is 5.60 Å². The molecule has 0 aromatic heterocycles. The van der Waals surface area contributed by atoms with Crippen LogP contribution in [0.5, 0.6) is 0 Å². The first-order chi connectivity index (χ1) is 7.96. The Labute approximate surface area is 109 Å². The van der Waals surface area contributed by atoms with E-state index in [1.54, 1.807) is 13.0 Å². The minimum absolute atomic E-state index is 0.267. The quantitative estimate of drug-likeness (QED) is 0.876. The summed E-state index contributed by atoms with van der Waals surface area (Å²) in [5.74, 6) is -0.267. The summed E-state index contributed by atoms with van der Waals surface area (Å²) in [6, 6.07) is 5.15. The van der Waals surface area contributed by atoms with Crippen LogP contribution in [0.25, 0.3) is 0 Å². The van der Waals surface area contributed by atoms with Crippen molar-refractivity contribution in [3.8, 4) is 0 Å². The van der Waals surface area contributed by atoms with Gasteiger partial charge < -0.3 is 10.4 Å². The van der Waals surface area contributed by atoms with Gasteiger partial charge in [0.25, 0.3) is 0 Å². The first-order valence-electron chi connectivity index (χ1n) is 5.86. The van der Waals surface area contributed by atoms with E-state index >= 15 is 0 Å². The van der Waals surface area contributed by atoms with Gasteiger partial charge in [0.05, 0.1) is 5.60 Å². The Morgan fingerprint density at radius 2 is 2.24 bits per heavy atom. The summed E-state index contributed by atoms with van der Waals surface area (Å²) >= 11 is 3.32. The minimum Gasteiger partial charge on any atom is -0.389 e. The van der Waals surface area contributed by atoms with Gasteiger partial charge in [-0.05, 0) is 37.5 Å². The minimum atomic E-state index is -0.803. The summed E-state index contributed by atoms with van der Waals surface area (Å²) in [7, 11) is 0. The maximum absolute atomic E-state index is 12.9. The second-order valence-electron chi connectivity index (χ2n) is 5.06. The highest BCUT2D eigenvalue weighted by Crippen LogP contribution is 2.24. The van der Waals surface area contributed by atoms with Crippen LogP contribution in [0.2, 0.25) is 0 Å². The molecule has 1 fully saturated rings. The van der Waals surface area contributed by atoms with Crippen molar-refractivity contribution in [1.29, 1.82) is 0 Å². The van der Waals surface area contributed by atoms with E-state index in [2.05, 4.69) is 21.2 Å². The van der Waals surface area contributed by atoms with E-state index in [1.807, 2.05) is 0 Å². The van der Waals surface area contributed by atoms with Crippen molar-refractivity contribution < 1.29 is 9.50 Å². The zero-order chi connectivity index (χ0) is 12.5. The van der Waals surface area contributed by atoms with E-state index in [0.717, 1.165) is 5.56 Å². The predicted octanol–water partition coefficient (Wildman–Crippen LogP) is 2.63. The highest BCUT2D eigenvalue weighted by Gasteiger charge is 2.27. The van der Waals surface area contributed by atoms with Gasteiger partial charge in [-0.15, -0.1) is 0 Å². The fraction of sp³-hybridized carbons (Fsp3) is 0.538. The van der Waals surface area contributed by atoms with Crippen LogP contribution in [0.3, 0.4) is 0 Å². The SMILES string of the molecule is CC(O)(CNC1CC1)Cc1ccc(F)cc1Br. The van der Waals surface area contributed by atoms with Crippen LogP contribution in [-0.4, -0.2) is 23.3 Å². The van der Waals surface area contributed by atoms with E-state index in [-0.39, 0.29) is 5.82 Å². The van der Waals surface area contributed by atoms with Crippen molar-refractivity contribution in [3.63, 3.8) is 0 Å². The van der Waals surface area contributed by atoms with E-state index in [9.17, 15) is 9.50 Å². The standard InChI is InChI=1S/C13H17BrFNO/c1-13(17,8-16-11-4-5-11)7-9-2-3-10(15)6-12(9)14/h2-3,6,11,16-17H,4-5,7-8H2,1H3. The molecule has 4 heteroatoms. The van der Waals surface area contributed by atoms with Gasteiger partial charge in [0, 0.05) is 23.5 Å². The molecule has 1 aliphatic carbocycles. The third-order valence-electron chi connectivity index (χ3n) is 2.94. The lowest BCUT2D eigenvalue weighted by molar-refractivity contribution is 0.0596. The summed E-state index contributed by atoms with van der Waals surface area (Å²) in [5.41, 5.74) is 0.122. The molecule has 0 bridgehead atoms. The fourth-order valence-corrected chi connectivity index (χ4v) is 2.28. The van der Waals surface area contributed by atoms with Gasteiger partial charge in [0.2, 0.25) is 0 Å². The Morgan fingerprint density at radius 1 is 1.53 bits per heavy atom. The monoisotopic (exact) mass is 301 g/mol. The molecule has 0 saturated heterocycles. The highest BCUT2D eigenvalue weighted by molar-refractivity contribution is 9.10. The molecule has 1 atom stereocenters. The first-order valence-corrected chi connectivity index (χ1v) is 6.65. The number of nitrogens with one attached hydrogen (secondary N) is 1. The van der Waals surface area contributed by atoms with Gasteiger partial charge in [-0.3, -0.25) is 0 Å². The summed E-state index contributed by atoms with van der Waals surface area (Å²) < 4.78 is 13.6. The molecule has 0 aliphatic heterocycles. The summed E-state index contributed by atoms with van der Waals surface area (Å²) in [4.78, 5) is 0. The molecule has 2 nitrogen and oxygen atoms in total. The van der Waals surface area contributed by atoms with Crippen LogP contribution in [0.15, 0.2) is 22.7 Å². The van der Waals surface area contributed by atoms with Crippen LogP contribution in [0, 0.1) is 5.82 Å². The molecule has 2 rings (SSSR count). The van der Waals surface area contributed by atoms with Gasteiger partial charge in [-0.1, -0.05) is 22.0 Å². The highest BCUT2D eigenvalue weighted by atomic mass is 79.9. The van der Waals surface area contributed by atoms with Crippen molar-refractivity contribution in [2.24, 2.45) is 0 Å². The zero-order valence-corrected chi connectivity index (χ0v) is 11.4. The smallest absolute Gasteiger partial charge is 0.124 e. The van der Waals surface area contributed by atoms with Crippen LogP contribution < -0.4 is 5.32 Å². The van der Waals surface area contributed by atoms with Gasteiger partial charge in [0.1, 0.15) is 5.82 Å². The van der Waals surface area contributed by atoms with Crippen LogP contribution in [0.4, 0.5) is 4.39 Å². The molecule has 0 spiro atoms. The molecule has 0 heterocycles. The Morgan fingerprint density at radius 3 is 2.82 bits per heavy atom. The molecule has 1 unspecified atom stereocenters. The van der Waals surface area contributed by atoms with Crippen molar-refractivity contribution in [2.45, 2.75) is 37.8 Å². The van der Waals surface area contributed by atoms with Gasteiger partial charge in [0.15, 0.2) is 0 Å². The molecule has 0 radical (unpaired) electrons. The Hall–Kier alpha value is -0.450. The maximum Gasteiger partial charge on any atom is 0.124 e. The molecule has 17 heavy (non-hydrogen) atoms. The van der Waals surface area contributed by atoms with Crippen molar-refractivity contribution >= 4 is 15.9 Å². The molecule has 1 aromatic carbocycles. The number of rotatable bonds is 5. The summed E-state index contributed by atoms with van der Waals surface area (Å²) in [5, 5.41) is 13.6. The molecular formula is C13H17BrFNO. The molecule has 2 N–H and O–H groups in total. The lowest BCUT2D eigenvalue weighted by atomic mass is 9.96. The average molecular weight is 302 g/mol. The third kappa shape index (κ3) is 4.05. The summed E-state index contributed by atoms with van der Waals surface area (Å²) in [6.07, 6.45) is 2.92.